The fraction of sp³-hybridized carbons (Fsp3) is 0.0909. The van der Waals surface area contributed by atoms with Crippen LogP contribution < -0.4 is 5.32 Å². The molecule has 0 spiro atoms. The zero-order valence-electron chi connectivity index (χ0n) is 14.7. The second-order valence-corrected chi connectivity index (χ2v) is 5.99. The number of hydrogen-bond acceptors (Lipinski definition) is 3. The molecular weight excluding hydrogens is 345 g/mol. The number of benzene rings is 3. The number of rotatable bonds is 5. The fourth-order valence-electron chi connectivity index (χ4n) is 2.55. The number of ether oxygens (including phenoxy) is 1. The van der Waals surface area contributed by atoms with Gasteiger partial charge in [0.05, 0.1) is 0 Å². The molecule has 3 aromatic carbocycles. The minimum atomic E-state index is -0.991. The van der Waals surface area contributed by atoms with Crippen molar-refractivity contribution in [1.29, 1.82) is 0 Å². The number of anilines is 1. The number of esters is 1. The summed E-state index contributed by atoms with van der Waals surface area (Å²) in [6.45, 7) is 1.48. The Bertz CT molecular complexity index is 1010. The van der Waals surface area contributed by atoms with Crippen molar-refractivity contribution in [3.05, 3.63) is 84.2 Å². The summed E-state index contributed by atoms with van der Waals surface area (Å²) in [5, 5.41) is 4.78. The van der Waals surface area contributed by atoms with Gasteiger partial charge in [-0.3, -0.25) is 4.79 Å². The highest BCUT2D eigenvalue weighted by Gasteiger charge is 2.16. The highest BCUT2D eigenvalue weighted by molar-refractivity contribution is 5.98. The molecule has 0 aliphatic carbocycles. The molecule has 0 aliphatic heterocycles. The van der Waals surface area contributed by atoms with Crippen LogP contribution in [0.5, 0.6) is 0 Å². The van der Waals surface area contributed by atoms with Crippen molar-refractivity contribution in [1.82, 2.24) is 0 Å². The van der Waals surface area contributed by atoms with Gasteiger partial charge in [0, 0.05) is 17.3 Å². The van der Waals surface area contributed by atoms with Gasteiger partial charge in [0.2, 0.25) is 0 Å². The zero-order valence-corrected chi connectivity index (χ0v) is 14.7. The van der Waals surface area contributed by atoms with E-state index in [0.29, 0.717) is 5.69 Å². The van der Waals surface area contributed by atoms with Gasteiger partial charge in [-0.2, -0.15) is 0 Å². The first-order valence-corrected chi connectivity index (χ1v) is 8.46. The van der Waals surface area contributed by atoms with Crippen LogP contribution in [-0.4, -0.2) is 18.0 Å². The molecule has 3 rings (SSSR count). The second-order valence-electron chi connectivity index (χ2n) is 5.99. The van der Waals surface area contributed by atoms with Crippen molar-refractivity contribution in [3.63, 3.8) is 0 Å². The Morgan fingerprint density at radius 3 is 2.48 bits per heavy atom. The first kappa shape index (κ1) is 18.3. The average Bonchev–Trinajstić information content (AvgIpc) is 2.67. The summed E-state index contributed by atoms with van der Waals surface area (Å²) in [5.41, 5.74) is 0.881. The van der Waals surface area contributed by atoms with E-state index in [1.165, 1.54) is 25.1 Å². The molecule has 0 bridgehead atoms. The topological polar surface area (TPSA) is 55.4 Å². The van der Waals surface area contributed by atoms with Gasteiger partial charge in [-0.05, 0) is 42.0 Å². The molecule has 0 saturated carbocycles. The molecule has 27 heavy (non-hydrogen) atoms. The number of hydrogen-bond donors (Lipinski definition) is 1. The molecule has 0 aliphatic rings. The quantitative estimate of drug-likeness (QED) is 0.534. The van der Waals surface area contributed by atoms with Crippen molar-refractivity contribution < 1.29 is 18.7 Å². The van der Waals surface area contributed by atoms with Crippen molar-refractivity contribution in [2.24, 2.45) is 0 Å². The Kier molecular flexibility index (Phi) is 5.61. The number of carbonyl (C=O) groups is 2. The van der Waals surface area contributed by atoms with Gasteiger partial charge < -0.3 is 10.1 Å². The summed E-state index contributed by atoms with van der Waals surface area (Å²) in [5.74, 6) is -1.61. The van der Waals surface area contributed by atoms with Crippen LogP contribution in [-0.2, 0) is 14.3 Å². The SMILES string of the molecule is C[C@@H](OC(=O)/C=C/c1ccccc1F)C(=O)Nc1ccc2ccccc2c1. The van der Waals surface area contributed by atoms with E-state index in [0.717, 1.165) is 16.8 Å². The van der Waals surface area contributed by atoms with E-state index in [9.17, 15) is 14.0 Å². The normalized spacial score (nSPS) is 12.1. The number of fused-ring (bicyclic) bond motifs is 1. The van der Waals surface area contributed by atoms with Gasteiger partial charge in [-0.1, -0.05) is 48.5 Å². The first-order valence-electron chi connectivity index (χ1n) is 8.46. The molecule has 1 N–H and O–H groups in total. The van der Waals surface area contributed by atoms with Crippen molar-refractivity contribution in [2.45, 2.75) is 13.0 Å². The van der Waals surface area contributed by atoms with Gasteiger partial charge in [-0.25, -0.2) is 9.18 Å². The Hall–Kier alpha value is -3.47. The molecule has 5 heteroatoms. The summed E-state index contributed by atoms with van der Waals surface area (Å²) >= 11 is 0. The predicted molar refractivity (Wildman–Crippen MR) is 104 cm³/mol. The van der Waals surface area contributed by atoms with E-state index >= 15 is 0 Å². The van der Waals surface area contributed by atoms with E-state index in [1.807, 2.05) is 36.4 Å². The summed E-state index contributed by atoms with van der Waals surface area (Å²) in [6.07, 6.45) is 1.42. The van der Waals surface area contributed by atoms with Gasteiger partial charge in [0.25, 0.3) is 5.91 Å². The van der Waals surface area contributed by atoms with Crippen LogP contribution >= 0.6 is 0 Å². The highest BCUT2D eigenvalue weighted by atomic mass is 19.1. The molecule has 0 fully saturated rings. The molecule has 1 amide bonds. The third-order valence-corrected chi connectivity index (χ3v) is 3.98. The van der Waals surface area contributed by atoms with Gasteiger partial charge in [0.1, 0.15) is 5.82 Å². The second kappa shape index (κ2) is 8.27. The standard InChI is InChI=1S/C22H18FNO3/c1-15(27-21(25)13-11-17-7-4-5-9-20(17)23)22(26)24-19-12-10-16-6-2-3-8-18(16)14-19/h2-15H,1H3,(H,24,26)/b13-11+/t15-/m1/s1. The van der Waals surface area contributed by atoms with Gasteiger partial charge >= 0.3 is 5.97 Å². The van der Waals surface area contributed by atoms with Crippen LogP contribution in [0.15, 0.2) is 72.8 Å². The smallest absolute Gasteiger partial charge is 0.331 e. The van der Waals surface area contributed by atoms with Gasteiger partial charge in [-0.15, -0.1) is 0 Å². The van der Waals surface area contributed by atoms with E-state index < -0.39 is 23.8 Å². The van der Waals surface area contributed by atoms with Crippen LogP contribution in [0.3, 0.4) is 0 Å². The maximum Gasteiger partial charge on any atom is 0.331 e. The largest absolute Gasteiger partial charge is 0.449 e. The molecule has 0 aromatic heterocycles. The molecule has 3 aromatic rings. The maximum absolute atomic E-state index is 13.5. The number of nitrogens with one attached hydrogen (secondary N) is 1. The van der Waals surface area contributed by atoms with Crippen molar-refractivity contribution >= 4 is 34.4 Å². The van der Waals surface area contributed by atoms with Crippen LogP contribution in [0.2, 0.25) is 0 Å². The number of amides is 1. The third kappa shape index (κ3) is 4.79. The van der Waals surface area contributed by atoms with E-state index in [1.54, 1.807) is 18.2 Å². The van der Waals surface area contributed by atoms with Crippen LogP contribution in [0.1, 0.15) is 12.5 Å². The fourth-order valence-corrected chi connectivity index (χ4v) is 2.55. The molecule has 136 valence electrons. The average molecular weight is 363 g/mol. The Labute approximate surface area is 156 Å². The summed E-state index contributed by atoms with van der Waals surface area (Å²) in [6, 6.07) is 19.4. The molecule has 0 unspecified atom stereocenters. The van der Waals surface area contributed by atoms with Crippen LogP contribution in [0.4, 0.5) is 10.1 Å². The summed E-state index contributed by atoms with van der Waals surface area (Å²) in [4.78, 5) is 24.1. The monoisotopic (exact) mass is 363 g/mol. The third-order valence-electron chi connectivity index (χ3n) is 3.98. The summed E-state index contributed by atoms with van der Waals surface area (Å²) in [7, 11) is 0. The van der Waals surface area contributed by atoms with E-state index in [2.05, 4.69) is 5.32 Å². The Morgan fingerprint density at radius 1 is 1.00 bits per heavy atom. The lowest BCUT2D eigenvalue weighted by Crippen LogP contribution is -2.29. The van der Waals surface area contributed by atoms with E-state index in [4.69, 9.17) is 4.74 Å². The van der Waals surface area contributed by atoms with Gasteiger partial charge in [0.15, 0.2) is 6.10 Å². The van der Waals surface area contributed by atoms with Crippen LogP contribution in [0.25, 0.3) is 16.8 Å². The lowest BCUT2D eigenvalue weighted by atomic mass is 10.1. The Balaban J connectivity index is 1.59. The van der Waals surface area contributed by atoms with Crippen molar-refractivity contribution in [3.8, 4) is 0 Å². The predicted octanol–water partition coefficient (Wildman–Crippen LogP) is 4.56. The summed E-state index contributed by atoms with van der Waals surface area (Å²) < 4.78 is 18.6. The Morgan fingerprint density at radius 2 is 1.70 bits per heavy atom. The highest BCUT2D eigenvalue weighted by Crippen LogP contribution is 2.19. The lowest BCUT2D eigenvalue weighted by Gasteiger charge is -2.13. The maximum atomic E-state index is 13.5. The molecule has 0 radical (unpaired) electrons. The molecule has 4 nitrogen and oxygen atoms in total. The molecule has 1 atom stereocenters. The van der Waals surface area contributed by atoms with E-state index in [-0.39, 0.29) is 5.56 Å². The number of carbonyl (C=O) groups excluding carboxylic acids is 2. The first-order chi connectivity index (χ1) is 13.0. The lowest BCUT2D eigenvalue weighted by molar-refractivity contribution is -0.148. The molecular formula is C22H18FNO3. The van der Waals surface area contributed by atoms with Crippen LogP contribution in [0, 0.1) is 5.82 Å². The zero-order chi connectivity index (χ0) is 19.2. The molecule has 0 saturated heterocycles. The molecule has 0 heterocycles. The minimum Gasteiger partial charge on any atom is -0.449 e. The van der Waals surface area contributed by atoms with Crippen molar-refractivity contribution in [2.75, 3.05) is 5.32 Å². The minimum absolute atomic E-state index is 0.266. The number of halogens is 1.